The van der Waals surface area contributed by atoms with Gasteiger partial charge in [-0.05, 0) is 18.6 Å². The summed E-state index contributed by atoms with van der Waals surface area (Å²) >= 11 is 0. The predicted octanol–water partition coefficient (Wildman–Crippen LogP) is 1.41. The molecule has 8 heteroatoms. The Hall–Kier alpha value is -1.93. The normalized spacial score (nSPS) is 11.5. The Morgan fingerprint density at radius 3 is 2.62 bits per heavy atom. The van der Waals surface area contributed by atoms with Gasteiger partial charge in [0.15, 0.2) is 0 Å². The number of nitrogens with zero attached hydrogens (tertiary/aromatic N) is 2. The Balaban J connectivity index is 1.92. The molecule has 2 aromatic heterocycles. The van der Waals surface area contributed by atoms with Crippen LogP contribution in [0.15, 0.2) is 40.1 Å². The molecule has 0 saturated heterocycles. The molecule has 0 aliphatic rings. The molecule has 2 rings (SSSR count). The van der Waals surface area contributed by atoms with Crippen LogP contribution in [0, 0.1) is 0 Å². The van der Waals surface area contributed by atoms with Crippen LogP contribution < -0.4 is 10.0 Å². The molecular weight excluding hydrogens is 292 g/mol. The standard InChI is InChI=1S/C13H18N4O3S/c1-2-6-14-13-15-9-12(10-16-13)21(18,19)17-7-5-11-4-3-8-20-11/h3-4,8-10,17H,2,5-7H2,1H3,(H,14,15,16). The molecule has 0 aliphatic heterocycles. The van der Waals surface area contributed by atoms with E-state index in [9.17, 15) is 8.42 Å². The lowest BCUT2D eigenvalue weighted by Gasteiger charge is -2.06. The van der Waals surface area contributed by atoms with E-state index >= 15 is 0 Å². The number of sulfonamides is 1. The number of aromatic nitrogens is 2. The monoisotopic (exact) mass is 310 g/mol. The summed E-state index contributed by atoms with van der Waals surface area (Å²) in [7, 11) is -3.60. The SMILES string of the molecule is CCCNc1ncc(S(=O)(=O)NCCc2ccco2)cn1. The molecular formula is C13H18N4O3S. The molecule has 0 aliphatic carbocycles. The third-order valence-corrected chi connectivity index (χ3v) is 4.13. The van der Waals surface area contributed by atoms with Gasteiger partial charge >= 0.3 is 0 Å². The van der Waals surface area contributed by atoms with Crippen molar-refractivity contribution < 1.29 is 12.8 Å². The zero-order valence-electron chi connectivity index (χ0n) is 11.7. The minimum Gasteiger partial charge on any atom is -0.469 e. The quantitative estimate of drug-likeness (QED) is 0.765. The average Bonchev–Trinajstić information content (AvgIpc) is 2.98. The van der Waals surface area contributed by atoms with Crippen LogP contribution >= 0.6 is 0 Å². The maximum absolute atomic E-state index is 12.0. The van der Waals surface area contributed by atoms with Gasteiger partial charge in [0.2, 0.25) is 16.0 Å². The molecule has 114 valence electrons. The first-order valence-electron chi connectivity index (χ1n) is 6.70. The Labute approximate surface area is 123 Å². The largest absolute Gasteiger partial charge is 0.469 e. The van der Waals surface area contributed by atoms with Gasteiger partial charge in [-0.2, -0.15) is 0 Å². The van der Waals surface area contributed by atoms with Crippen molar-refractivity contribution in [3.63, 3.8) is 0 Å². The summed E-state index contributed by atoms with van der Waals surface area (Å²) in [5.41, 5.74) is 0. The van der Waals surface area contributed by atoms with Crippen molar-refractivity contribution >= 4 is 16.0 Å². The summed E-state index contributed by atoms with van der Waals surface area (Å²) in [6.07, 6.45) is 5.57. The smallest absolute Gasteiger partial charge is 0.243 e. The van der Waals surface area contributed by atoms with Gasteiger partial charge in [-0.3, -0.25) is 0 Å². The molecule has 2 aromatic rings. The Bertz CT molecular complexity index is 639. The van der Waals surface area contributed by atoms with Crippen LogP contribution in [0.4, 0.5) is 5.95 Å². The lowest BCUT2D eigenvalue weighted by Crippen LogP contribution is -2.26. The van der Waals surface area contributed by atoms with E-state index in [2.05, 4.69) is 20.0 Å². The highest BCUT2D eigenvalue weighted by atomic mass is 32.2. The van der Waals surface area contributed by atoms with Crippen LogP contribution in [-0.4, -0.2) is 31.5 Å². The molecule has 2 heterocycles. The fourth-order valence-electron chi connectivity index (χ4n) is 1.63. The van der Waals surface area contributed by atoms with Crippen LogP contribution in [0.3, 0.4) is 0 Å². The summed E-state index contributed by atoms with van der Waals surface area (Å²) in [5.74, 6) is 1.15. The van der Waals surface area contributed by atoms with Crippen molar-refractivity contribution in [3.8, 4) is 0 Å². The summed E-state index contributed by atoms with van der Waals surface area (Å²) in [5, 5.41) is 2.98. The summed E-state index contributed by atoms with van der Waals surface area (Å²) in [6.45, 7) is 3.02. The molecule has 0 atom stereocenters. The molecule has 0 bridgehead atoms. The van der Waals surface area contributed by atoms with Gasteiger partial charge in [-0.25, -0.2) is 23.1 Å². The number of nitrogens with one attached hydrogen (secondary N) is 2. The van der Waals surface area contributed by atoms with Crippen molar-refractivity contribution in [2.24, 2.45) is 0 Å². The van der Waals surface area contributed by atoms with Gasteiger partial charge in [0, 0.05) is 19.5 Å². The van der Waals surface area contributed by atoms with Crippen molar-refractivity contribution in [1.82, 2.24) is 14.7 Å². The molecule has 0 saturated carbocycles. The van der Waals surface area contributed by atoms with Crippen LogP contribution in [0.25, 0.3) is 0 Å². The van der Waals surface area contributed by atoms with E-state index in [0.29, 0.717) is 12.4 Å². The number of anilines is 1. The topological polar surface area (TPSA) is 97.1 Å². The van der Waals surface area contributed by atoms with E-state index in [-0.39, 0.29) is 11.4 Å². The molecule has 0 amide bonds. The summed E-state index contributed by atoms with van der Waals surface area (Å²) < 4.78 is 31.7. The Morgan fingerprint density at radius 2 is 2.00 bits per heavy atom. The highest BCUT2D eigenvalue weighted by Gasteiger charge is 2.14. The van der Waals surface area contributed by atoms with E-state index in [4.69, 9.17) is 4.42 Å². The van der Waals surface area contributed by atoms with E-state index < -0.39 is 10.0 Å². The predicted molar refractivity (Wildman–Crippen MR) is 78.4 cm³/mol. The van der Waals surface area contributed by atoms with Crippen molar-refractivity contribution in [1.29, 1.82) is 0 Å². The molecule has 0 radical (unpaired) electrons. The fraction of sp³-hybridized carbons (Fsp3) is 0.385. The number of hydrogen-bond acceptors (Lipinski definition) is 6. The molecule has 2 N–H and O–H groups in total. The van der Waals surface area contributed by atoms with Gasteiger partial charge in [0.1, 0.15) is 10.7 Å². The van der Waals surface area contributed by atoms with Crippen LogP contribution in [0.5, 0.6) is 0 Å². The van der Waals surface area contributed by atoms with E-state index in [1.807, 2.05) is 6.92 Å². The molecule has 7 nitrogen and oxygen atoms in total. The lowest BCUT2D eigenvalue weighted by atomic mass is 10.3. The minimum atomic E-state index is -3.60. The second kappa shape index (κ2) is 7.19. The number of hydrogen-bond donors (Lipinski definition) is 2. The Morgan fingerprint density at radius 1 is 1.24 bits per heavy atom. The van der Waals surface area contributed by atoms with Crippen molar-refractivity contribution in [2.75, 3.05) is 18.4 Å². The molecule has 0 aromatic carbocycles. The molecule has 0 fully saturated rings. The van der Waals surface area contributed by atoms with E-state index in [0.717, 1.165) is 18.7 Å². The van der Waals surface area contributed by atoms with Gasteiger partial charge in [-0.15, -0.1) is 0 Å². The fourth-order valence-corrected chi connectivity index (χ4v) is 2.55. The second-order valence-corrected chi connectivity index (χ2v) is 6.16. The molecule has 21 heavy (non-hydrogen) atoms. The second-order valence-electron chi connectivity index (χ2n) is 4.40. The van der Waals surface area contributed by atoms with Crippen LogP contribution in [0.2, 0.25) is 0 Å². The van der Waals surface area contributed by atoms with Gasteiger partial charge in [-0.1, -0.05) is 6.92 Å². The number of rotatable bonds is 8. The van der Waals surface area contributed by atoms with Gasteiger partial charge in [0.05, 0.1) is 18.7 Å². The molecule has 0 spiro atoms. The van der Waals surface area contributed by atoms with Gasteiger partial charge < -0.3 is 9.73 Å². The summed E-state index contributed by atoms with van der Waals surface area (Å²) in [4.78, 5) is 8.01. The van der Waals surface area contributed by atoms with Crippen molar-refractivity contribution in [2.45, 2.75) is 24.7 Å². The third-order valence-electron chi connectivity index (χ3n) is 2.72. The first-order valence-corrected chi connectivity index (χ1v) is 8.18. The highest BCUT2D eigenvalue weighted by molar-refractivity contribution is 7.89. The minimum absolute atomic E-state index is 0.0454. The first kappa shape index (κ1) is 15.5. The molecule has 0 unspecified atom stereocenters. The number of furan rings is 1. The van der Waals surface area contributed by atoms with Crippen LogP contribution in [0.1, 0.15) is 19.1 Å². The third kappa shape index (κ3) is 4.54. The zero-order chi connectivity index (χ0) is 15.1. The highest BCUT2D eigenvalue weighted by Crippen LogP contribution is 2.08. The lowest BCUT2D eigenvalue weighted by molar-refractivity contribution is 0.506. The zero-order valence-corrected chi connectivity index (χ0v) is 12.6. The average molecular weight is 310 g/mol. The van der Waals surface area contributed by atoms with Gasteiger partial charge in [0.25, 0.3) is 0 Å². The van der Waals surface area contributed by atoms with E-state index in [1.54, 1.807) is 18.4 Å². The Kier molecular flexibility index (Phi) is 5.29. The first-order chi connectivity index (χ1) is 10.1. The van der Waals surface area contributed by atoms with Crippen LogP contribution in [-0.2, 0) is 16.4 Å². The maximum Gasteiger partial charge on any atom is 0.243 e. The van der Waals surface area contributed by atoms with E-state index in [1.165, 1.54) is 12.4 Å². The summed E-state index contributed by atoms with van der Waals surface area (Å²) in [6, 6.07) is 3.56. The maximum atomic E-state index is 12.0. The van der Waals surface area contributed by atoms with Crippen molar-refractivity contribution in [3.05, 3.63) is 36.5 Å².